The second-order valence-corrected chi connectivity index (χ2v) is 4.81. The van der Waals surface area contributed by atoms with Crippen LogP contribution in [0.4, 0.5) is 5.82 Å². The van der Waals surface area contributed by atoms with Crippen LogP contribution in [0.15, 0.2) is 29.1 Å². The summed E-state index contributed by atoms with van der Waals surface area (Å²) in [5.74, 6) is 0.532. The van der Waals surface area contributed by atoms with Crippen molar-refractivity contribution in [3.8, 4) is 5.69 Å². The van der Waals surface area contributed by atoms with E-state index in [1.165, 1.54) is 9.13 Å². The number of rotatable bonds is 3. The van der Waals surface area contributed by atoms with E-state index in [-0.39, 0.29) is 5.69 Å². The van der Waals surface area contributed by atoms with Gasteiger partial charge >= 0.3 is 5.69 Å². The van der Waals surface area contributed by atoms with E-state index in [1.54, 1.807) is 50.3 Å². The van der Waals surface area contributed by atoms with Crippen molar-refractivity contribution in [2.24, 2.45) is 7.05 Å². The maximum Gasteiger partial charge on any atom is 0.334 e. The van der Waals surface area contributed by atoms with Gasteiger partial charge < -0.3 is 4.90 Å². The van der Waals surface area contributed by atoms with Crippen LogP contribution in [0, 0.1) is 0 Å². The van der Waals surface area contributed by atoms with Crippen LogP contribution < -0.4 is 10.6 Å². The van der Waals surface area contributed by atoms with E-state index < -0.39 is 0 Å². The Kier molecular flexibility index (Phi) is 3.48. The molecule has 2 aromatic rings. The zero-order valence-corrected chi connectivity index (χ0v) is 11.7. The van der Waals surface area contributed by atoms with Gasteiger partial charge in [0.25, 0.3) is 0 Å². The summed E-state index contributed by atoms with van der Waals surface area (Å²) in [6, 6.07) is 6.95. The van der Waals surface area contributed by atoms with Gasteiger partial charge in [0.15, 0.2) is 6.29 Å². The average molecular weight is 280 g/mol. The van der Waals surface area contributed by atoms with E-state index in [1.807, 2.05) is 0 Å². The molecule has 0 spiro atoms. The van der Waals surface area contributed by atoms with Crippen LogP contribution in [0.2, 0.25) is 5.02 Å². The quantitative estimate of drug-likeness (QED) is 0.804. The summed E-state index contributed by atoms with van der Waals surface area (Å²) in [5, 5.41) is 0.533. The molecule has 19 heavy (non-hydrogen) atoms. The highest BCUT2D eigenvalue weighted by Gasteiger charge is 2.20. The van der Waals surface area contributed by atoms with E-state index in [0.29, 0.717) is 28.5 Å². The molecule has 0 atom stereocenters. The van der Waals surface area contributed by atoms with Gasteiger partial charge in [-0.1, -0.05) is 17.7 Å². The van der Waals surface area contributed by atoms with Gasteiger partial charge in [-0.15, -0.1) is 0 Å². The van der Waals surface area contributed by atoms with Gasteiger partial charge in [-0.3, -0.25) is 9.36 Å². The fraction of sp³-hybridized carbons (Fsp3) is 0.231. The Labute approximate surface area is 115 Å². The minimum Gasteiger partial charge on any atom is -0.362 e. The van der Waals surface area contributed by atoms with Crippen LogP contribution >= 0.6 is 11.6 Å². The molecule has 100 valence electrons. The van der Waals surface area contributed by atoms with E-state index >= 15 is 0 Å². The first-order valence-corrected chi connectivity index (χ1v) is 6.05. The first-order chi connectivity index (χ1) is 8.97. The standard InChI is InChI=1S/C13H14ClN3O2/c1-15(2)12-11(8-18)16(3)13(19)17(12)10-6-4-5-9(14)7-10/h4-8H,1-3H3. The smallest absolute Gasteiger partial charge is 0.334 e. The molecule has 1 aromatic heterocycles. The number of carbonyl (C=O) groups excluding carboxylic acids is 1. The van der Waals surface area contributed by atoms with Crippen molar-refractivity contribution in [3.63, 3.8) is 0 Å². The predicted octanol–water partition coefficient (Wildman–Crippen LogP) is 1.71. The monoisotopic (exact) mass is 279 g/mol. The molecule has 0 saturated heterocycles. The third kappa shape index (κ3) is 2.17. The Balaban J connectivity index is 2.83. The topological polar surface area (TPSA) is 47.2 Å². The fourth-order valence-corrected chi connectivity index (χ4v) is 2.20. The van der Waals surface area contributed by atoms with Crippen LogP contribution in [0.1, 0.15) is 10.5 Å². The number of benzene rings is 1. The summed E-state index contributed by atoms with van der Waals surface area (Å²) < 4.78 is 2.79. The predicted molar refractivity (Wildman–Crippen MR) is 75.7 cm³/mol. The van der Waals surface area contributed by atoms with Crippen molar-refractivity contribution in [1.29, 1.82) is 0 Å². The molecule has 0 bridgehead atoms. The number of halogens is 1. The molecule has 0 aliphatic heterocycles. The van der Waals surface area contributed by atoms with Crippen molar-refractivity contribution < 1.29 is 4.79 Å². The molecule has 0 aliphatic rings. The summed E-state index contributed by atoms with van der Waals surface area (Å²) in [6.45, 7) is 0. The van der Waals surface area contributed by atoms with Crippen molar-refractivity contribution in [1.82, 2.24) is 9.13 Å². The van der Waals surface area contributed by atoms with Gasteiger partial charge in [-0.05, 0) is 18.2 Å². The Bertz CT molecular complexity index is 686. The lowest BCUT2D eigenvalue weighted by atomic mass is 10.3. The largest absolute Gasteiger partial charge is 0.362 e. The zero-order chi connectivity index (χ0) is 14.2. The maximum atomic E-state index is 12.3. The molecular formula is C13H14ClN3O2. The number of aldehydes is 1. The van der Waals surface area contributed by atoms with Gasteiger partial charge in [0.2, 0.25) is 0 Å². The van der Waals surface area contributed by atoms with Gasteiger partial charge in [0.05, 0.1) is 5.69 Å². The maximum absolute atomic E-state index is 12.3. The molecule has 0 N–H and O–H groups in total. The normalized spacial score (nSPS) is 10.5. The van der Waals surface area contributed by atoms with Crippen LogP contribution in [0.25, 0.3) is 5.69 Å². The Morgan fingerprint density at radius 3 is 2.53 bits per heavy atom. The lowest BCUT2D eigenvalue weighted by Gasteiger charge is -2.15. The lowest BCUT2D eigenvalue weighted by Crippen LogP contribution is -2.23. The molecule has 0 unspecified atom stereocenters. The molecule has 0 fully saturated rings. The van der Waals surface area contributed by atoms with Crippen molar-refractivity contribution in [2.75, 3.05) is 19.0 Å². The van der Waals surface area contributed by atoms with E-state index in [9.17, 15) is 9.59 Å². The highest BCUT2D eigenvalue weighted by atomic mass is 35.5. The van der Waals surface area contributed by atoms with Gasteiger partial charge in [-0.2, -0.15) is 0 Å². The second-order valence-electron chi connectivity index (χ2n) is 4.38. The lowest BCUT2D eigenvalue weighted by molar-refractivity contribution is 0.111. The van der Waals surface area contributed by atoms with Crippen molar-refractivity contribution in [2.45, 2.75) is 0 Å². The molecular weight excluding hydrogens is 266 g/mol. The molecule has 2 rings (SSSR count). The average Bonchev–Trinajstić information content (AvgIpc) is 2.62. The van der Waals surface area contributed by atoms with Gasteiger partial charge in [0, 0.05) is 26.2 Å². The van der Waals surface area contributed by atoms with E-state index in [2.05, 4.69) is 0 Å². The number of aromatic nitrogens is 2. The Morgan fingerprint density at radius 1 is 1.32 bits per heavy atom. The molecule has 0 saturated carbocycles. The number of imidazole rings is 1. The Morgan fingerprint density at radius 2 is 2.00 bits per heavy atom. The van der Waals surface area contributed by atoms with Crippen LogP contribution in [0.5, 0.6) is 0 Å². The molecule has 6 heteroatoms. The number of nitrogens with zero attached hydrogens (tertiary/aromatic N) is 3. The first-order valence-electron chi connectivity index (χ1n) is 5.67. The summed E-state index contributed by atoms with van der Waals surface area (Å²) >= 11 is 5.95. The fourth-order valence-electron chi connectivity index (χ4n) is 2.02. The number of carbonyl (C=O) groups is 1. The number of hydrogen-bond donors (Lipinski definition) is 0. The third-order valence-electron chi connectivity index (χ3n) is 2.88. The van der Waals surface area contributed by atoms with Crippen molar-refractivity contribution in [3.05, 3.63) is 45.5 Å². The van der Waals surface area contributed by atoms with Crippen molar-refractivity contribution >= 4 is 23.7 Å². The van der Waals surface area contributed by atoms with Gasteiger partial charge in [0.1, 0.15) is 11.5 Å². The minimum atomic E-state index is -0.284. The molecule has 1 aromatic carbocycles. The van der Waals surface area contributed by atoms with Crippen LogP contribution in [-0.4, -0.2) is 29.5 Å². The number of anilines is 1. The molecule has 0 aliphatic carbocycles. The Hall–Kier alpha value is -2.01. The van der Waals surface area contributed by atoms with Gasteiger partial charge in [-0.25, -0.2) is 9.36 Å². The summed E-state index contributed by atoms with van der Waals surface area (Å²) in [6.07, 6.45) is 0.678. The third-order valence-corrected chi connectivity index (χ3v) is 3.12. The zero-order valence-electron chi connectivity index (χ0n) is 10.9. The highest BCUT2D eigenvalue weighted by Crippen LogP contribution is 2.22. The molecule has 0 radical (unpaired) electrons. The van der Waals surface area contributed by atoms with Crippen LogP contribution in [-0.2, 0) is 7.05 Å². The van der Waals surface area contributed by atoms with Crippen LogP contribution in [0.3, 0.4) is 0 Å². The van der Waals surface area contributed by atoms with E-state index in [0.717, 1.165) is 0 Å². The SMILES string of the molecule is CN(C)c1c(C=O)n(C)c(=O)n1-c1cccc(Cl)c1. The minimum absolute atomic E-state index is 0.284. The molecule has 0 amide bonds. The van der Waals surface area contributed by atoms with E-state index in [4.69, 9.17) is 11.6 Å². The second kappa shape index (κ2) is 4.93. The summed E-state index contributed by atoms with van der Waals surface area (Å²) in [7, 11) is 5.13. The summed E-state index contributed by atoms with van der Waals surface area (Å²) in [5.41, 5.74) is 0.674. The number of hydrogen-bond acceptors (Lipinski definition) is 3. The first kappa shape index (κ1) is 13.4. The summed E-state index contributed by atoms with van der Waals surface area (Å²) in [4.78, 5) is 25.2. The molecule has 1 heterocycles. The highest BCUT2D eigenvalue weighted by molar-refractivity contribution is 6.30. The molecule has 5 nitrogen and oxygen atoms in total.